The van der Waals surface area contributed by atoms with E-state index in [1.807, 2.05) is 56.3 Å². The van der Waals surface area contributed by atoms with Crippen molar-refractivity contribution in [3.05, 3.63) is 70.6 Å². The minimum absolute atomic E-state index is 0.217. The Morgan fingerprint density at radius 3 is 2.60 bits per heavy atom. The van der Waals surface area contributed by atoms with E-state index in [1.54, 1.807) is 11.8 Å². The highest BCUT2D eigenvalue weighted by molar-refractivity contribution is 7.99. The van der Waals surface area contributed by atoms with Gasteiger partial charge in [-0.2, -0.15) is 11.8 Å². The number of allylic oxidation sites excluding steroid dienone is 3. The highest BCUT2D eigenvalue weighted by atomic mass is 32.2. The summed E-state index contributed by atoms with van der Waals surface area (Å²) in [7, 11) is 1.30. The van der Waals surface area contributed by atoms with Crippen molar-refractivity contribution in [2.45, 2.75) is 33.1 Å². The van der Waals surface area contributed by atoms with E-state index in [9.17, 15) is 14.4 Å². The van der Waals surface area contributed by atoms with Crippen molar-refractivity contribution in [3.63, 3.8) is 0 Å². The fraction of sp³-hybridized carbons (Fsp3) is 0.393. The normalized spacial score (nSPS) is 22.1. The van der Waals surface area contributed by atoms with Crippen molar-refractivity contribution in [1.29, 1.82) is 0 Å². The number of Topliss-reactive ketones (excluding diaryl/α,β-unsaturated/α-hetero) is 1. The van der Waals surface area contributed by atoms with E-state index in [1.165, 1.54) is 7.11 Å². The third-order valence-corrected chi connectivity index (χ3v) is 7.60. The number of carbonyl (C=O) groups excluding carboxylic acids is 3. The van der Waals surface area contributed by atoms with Crippen LogP contribution in [0.25, 0.3) is 10.8 Å². The molecule has 184 valence electrons. The summed E-state index contributed by atoms with van der Waals surface area (Å²) in [6.07, 6.45) is 0.512. The van der Waals surface area contributed by atoms with E-state index in [4.69, 9.17) is 9.47 Å². The molecule has 0 saturated carbocycles. The van der Waals surface area contributed by atoms with Crippen LogP contribution < -0.4 is 5.32 Å². The number of esters is 2. The van der Waals surface area contributed by atoms with Gasteiger partial charge in [-0.1, -0.05) is 56.3 Å². The lowest BCUT2D eigenvalue weighted by molar-refractivity contribution is -0.151. The van der Waals surface area contributed by atoms with Crippen molar-refractivity contribution in [3.8, 4) is 0 Å². The lowest BCUT2D eigenvalue weighted by atomic mass is 9.69. The molecule has 1 aliphatic carbocycles. The number of rotatable bonds is 7. The standard InChI is InChI=1S/C28H31NO5S/c1-5-35-13-12-34-28(32)23-17(3)29-21-14-16(2)22(27(31)33-4)26(30)25(21)24(23)20-11-10-18-8-6-7-9-19(18)15-20/h6-11,15-16,22,24,29H,5,12-14H2,1-4H3. The van der Waals surface area contributed by atoms with Gasteiger partial charge in [-0.3, -0.25) is 9.59 Å². The summed E-state index contributed by atoms with van der Waals surface area (Å²) in [6, 6.07) is 13.9. The molecule has 4 rings (SSSR count). The van der Waals surface area contributed by atoms with E-state index in [2.05, 4.69) is 12.2 Å². The number of carbonyl (C=O) groups is 3. The van der Waals surface area contributed by atoms with Crippen molar-refractivity contribution >= 4 is 40.3 Å². The van der Waals surface area contributed by atoms with Crippen LogP contribution in [0.3, 0.4) is 0 Å². The van der Waals surface area contributed by atoms with Gasteiger partial charge in [0.05, 0.1) is 12.7 Å². The monoisotopic (exact) mass is 493 g/mol. The van der Waals surface area contributed by atoms with Gasteiger partial charge in [0.15, 0.2) is 5.78 Å². The molecule has 6 nitrogen and oxygen atoms in total. The Morgan fingerprint density at radius 2 is 1.89 bits per heavy atom. The van der Waals surface area contributed by atoms with Crippen LogP contribution in [-0.2, 0) is 23.9 Å². The molecule has 1 N–H and O–H groups in total. The van der Waals surface area contributed by atoms with Crippen molar-refractivity contribution in [2.75, 3.05) is 25.2 Å². The first kappa shape index (κ1) is 25.0. The van der Waals surface area contributed by atoms with Crippen LogP contribution in [0.4, 0.5) is 0 Å². The molecule has 3 unspecified atom stereocenters. The molecule has 0 fully saturated rings. The van der Waals surface area contributed by atoms with E-state index in [-0.39, 0.29) is 11.7 Å². The van der Waals surface area contributed by atoms with Gasteiger partial charge in [0.25, 0.3) is 0 Å². The third kappa shape index (κ3) is 4.87. The van der Waals surface area contributed by atoms with Crippen LogP contribution in [0.1, 0.15) is 38.7 Å². The van der Waals surface area contributed by atoms with Crippen LogP contribution in [0.2, 0.25) is 0 Å². The fourth-order valence-corrected chi connectivity index (χ4v) is 5.58. The first-order valence-electron chi connectivity index (χ1n) is 11.9. The van der Waals surface area contributed by atoms with Crippen LogP contribution >= 0.6 is 11.8 Å². The summed E-state index contributed by atoms with van der Waals surface area (Å²) in [5.41, 5.74) is 3.11. The topological polar surface area (TPSA) is 81.7 Å². The molecule has 1 aliphatic heterocycles. The molecule has 2 aromatic carbocycles. The first-order valence-corrected chi connectivity index (χ1v) is 13.1. The van der Waals surface area contributed by atoms with Gasteiger partial charge in [0.1, 0.15) is 12.5 Å². The van der Waals surface area contributed by atoms with Gasteiger partial charge in [0.2, 0.25) is 0 Å². The molecule has 0 bridgehead atoms. The average Bonchev–Trinajstić information content (AvgIpc) is 2.85. The molecule has 2 aromatic rings. The Balaban J connectivity index is 1.82. The SMILES string of the molecule is CCSCCOC(=O)C1=C(C)NC2=C(C(=O)C(C(=O)OC)C(C)C2)C1c1ccc2ccccc2c1. The summed E-state index contributed by atoms with van der Waals surface area (Å²) < 4.78 is 10.6. The number of ketones is 1. The molecule has 2 aliphatic rings. The minimum atomic E-state index is -0.903. The van der Waals surface area contributed by atoms with Crippen LogP contribution in [0.5, 0.6) is 0 Å². The Morgan fingerprint density at radius 1 is 1.14 bits per heavy atom. The molecule has 0 amide bonds. The molecule has 0 aromatic heterocycles. The predicted octanol–water partition coefficient (Wildman–Crippen LogP) is 4.75. The molecule has 1 heterocycles. The molecule has 35 heavy (non-hydrogen) atoms. The lowest BCUT2D eigenvalue weighted by Gasteiger charge is -2.38. The van der Waals surface area contributed by atoms with Crippen molar-refractivity contribution in [1.82, 2.24) is 5.32 Å². The maximum absolute atomic E-state index is 13.8. The quantitative estimate of drug-likeness (QED) is 0.339. The summed E-state index contributed by atoms with van der Waals surface area (Å²) in [5.74, 6) is -1.39. The molecule has 7 heteroatoms. The van der Waals surface area contributed by atoms with Crippen LogP contribution in [-0.4, -0.2) is 42.9 Å². The van der Waals surface area contributed by atoms with Gasteiger partial charge in [-0.25, -0.2) is 4.79 Å². The second-order valence-corrected chi connectivity index (χ2v) is 10.4. The highest BCUT2D eigenvalue weighted by Crippen LogP contribution is 2.45. The largest absolute Gasteiger partial charge is 0.468 e. The maximum Gasteiger partial charge on any atom is 0.336 e. The van der Waals surface area contributed by atoms with Gasteiger partial charge < -0.3 is 14.8 Å². The summed E-state index contributed by atoms with van der Waals surface area (Å²) in [5, 5.41) is 5.38. The Labute approximate surface area is 210 Å². The number of benzene rings is 2. The van der Waals surface area contributed by atoms with Gasteiger partial charge in [0, 0.05) is 28.6 Å². The molecule has 0 radical (unpaired) electrons. The smallest absolute Gasteiger partial charge is 0.336 e. The molecular formula is C28H31NO5S. The Hall–Kier alpha value is -3.06. The van der Waals surface area contributed by atoms with Crippen molar-refractivity contribution < 1.29 is 23.9 Å². The summed E-state index contributed by atoms with van der Waals surface area (Å²) in [4.78, 5) is 39.8. The second kappa shape index (κ2) is 10.7. The highest BCUT2D eigenvalue weighted by Gasteiger charge is 2.47. The Bertz CT molecular complexity index is 1230. The Kier molecular flexibility index (Phi) is 7.65. The first-order chi connectivity index (χ1) is 16.9. The van der Waals surface area contributed by atoms with E-state index >= 15 is 0 Å². The van der Waals surface area contributed by atoms with Gasteiger partial charge >= 0.3 is 11.9 Å². The number of dihydropyridines is 1. The van der Waals surface area contributed by atoms with E-state index < -0.39 is 23.8 Å². The fourth-order valence-electron chi connectivity index (χ4n) is 5.09. The minimum Gasteiger partial charge on any atom is -0.468 e. The zero-order chi connectivity index (χ0) is 25.1. The summed E-state index contributed by atoms with van der Waals surface area (Å²) in [6.45, 7) is 6.07. The van der Waals surface area contributed by atoms with Crippen LogP contribution in [0, 0.1) is 11.8 Å². The number of thioether (sulfide) groups is 1. The van der Waals surface area contributed by atoms with E-state index in [0.717, 1.165) is 27.8 Å². The number of hydrogen-bond donors (Lipinski definition) is 1. The van der Waals surface area contributed by atoms with Crippen LogP contribution in [0.15, 0.2) is 65.0 Å². The molecule has 0 saturated heterocycles. The molecule has 0 spiro atoms. The number of hydrogen-bond acceptors (Lipinski definition) is 7. The molecular weight excluding hydrogens is 462 g/mol. The van der Waals surface area contributed by atoms with Gasteiger partial charge in [-0.15, -0.1) is 0 Å². The lowest BCUT2D eigenvalue weighted by Crippen LogP contribution is -2.43. The second-order valence-electron chi connectivity index (χ2n) is 8.97. The number of ether oxygens (including phenoxy) is 2. The number of fused-ring (bicyclic) bond motifs is 1. The number of methoxy groups -OCH3 is 1. The van der Waals surface area contributed by atoms with E-state index in [0.29, 0.717) is 35.6 Å². The zero-order valence-electron chi connectivity index (χ0n) is 20.6. The average molecular weight is 494 g/mol. The van der Waals surface area contributed by atoms with Crippen molar-refractivity contribution in [2.24, 2.45) is 11.8 Å². The number of nitrogens with one attached hydrogen (secondary N) is 1. The maximum atomic E-state index is 13.8. The predicted molar refractivity (Wildman–Crippen MR) is 138 cm³/mol. The summed E-state index contributed by atoms with van der Waals surface area (Å²) >= 11 is 1.70. The zero-order valence-corrected chi connectivity index (χ0v) is 21.4. The third-order valence-electron chi connectivity index (χ3n) is 6.73. The molecule has 3 atom stereocenters. The van der Waals surface area contributed by atoms with Gasteiger partial charge in [-0.05, 0) is 41.4 Å².